The molecule has 3 rings (SSSR count). The first kappa shape index (κ1) is 23.7. The van der Waals surface area contributed by atoms with Crippen molar-refractivity contribution in [1.29, 1.82) is 0 Å². The molecule has 0 fully saturated rings. The first-order valence-electron chi connectivity index (χ1n) is 8.92. The van der Waals surface area contributed by atoms with Crippen molar-refractivity contribution in [3.05, 3.63) is 70.1 Å². The van der Waals surface area contributed by atoms with Crippen molar-refractivity contribution < 1.29 is 19.0 Å². The van der Waals surface area contributed by atoms with Crippen molar-refractivity contribution >= 4 is 51.5 Å². The van der Waals surface area contributed by atoms with Crippen molar-refractivity contribution in [1.82, 2.24) is 4.57 Å². The summed E-state index contributed by atoms with van der Waals surface area (Å²) in [6.45, 7) is 6.66. The minimum absolute atomic E-state index is 0. The van der Waals surface area contributed by atoms with Crippen LogP contribution in [0.2, 0.25) is 0 Å². The van der Waals surface area contributed by atoms with E-state index in [1.165, 1.54) is 12.1 Å². The van der Waals surface area contributed by atoms with E-state index in [2.05, 4.69) is 29.8 Å². The molecule has 3 aromatic rings. The standard InChI is InChI=1S/C22H21BrFNO3.Na.H/c1-13(2)12-28-21-9-5-15(23)10-18(21)20-8-4-14(3)25(20)16-6-7-19(24)17(11-16)22(26)27;;/h4-11,13H,12H2,1-3H3,(H,26,27);;. The van der Waals surface area contributed by atoms with E-state index >= 15 is 0 Å². The van der Waals surface area contributed by atoms with Gasteiger partial charge >= 0.3 is 35.5 Å². The molecule has 0 atom stereocenters. The van der Waals surface area contributed by atoms with Crippen molar-refractivity contribution in [2.45, 2.75) is 20.8 Å². The van der Waals surface area contributed by atoms with Gasteiger partial charge in [0.25, 0.3) is 0 Å². The van der Waals surface area contributed by atoms with Gasteiger partial charge in [-0.2, -0.15) is 0 Å². The number of carboxylic acids is 1. The van der Waals surface area contributed by atoms with E-state index in [0.717, 1.165) is 27.2 Å². The van der Waals surface area contributed by atoms with Crippen LogP contribution in [-0.2, 0) is 0 Å². The molecule has 0 unspecified atom stereocenters. The molecule has 0 saturated carbocycles. The van der Waals surface area contributed by atoms with Crippen LogP contribution in [0.5, 0.6) is 5.75 Å². The second kappa shape index (κ2) is 9.94. The van der Waals surface area contributed by atoms with Gasteiger partial charge in [-0.25, -0.2) is 9.18 Å². The second-order valence-corrected chi connectivity index (χ2v) is 7.93. The van der Waals surface area contributed by atoms with Gasteiger partial charge in [0, 0.05) is 21.4 Å². The number of carbonyl (C=O) groups is 1. The van der Waals surface area contributed by atoms with E-state index in [0.29, 0.717) is 18.2 Å². The number of aromatic nitrogens is 1. The maximum atomic E-state index is 13.9. The SMILES string of the molecule is Cc1ccc(-c2cc(Br)ccc2OCC(C)C)n1-c1ccc(F)c(C(=O)O)c1.[NaH]. The number of ether oxygens (including phenoxy) is 1. The second-order valence-electron chi connectivity index (χ2n) is 7.01. The summed E-state index contributed by atoms with van der Waals surface area (Å²) >= 11 is 3.51. The fourth-order valence-electron chi connectivity index (χ4n) is 2.99. The first-order chi connectivity index (χ1) is 13.3. The molecule has 0 spiro atoms. The molecule has 0 bridgehead atoms. The Balaban J connectivity index is 0.00000300. The third kappa shape index (κ3) is 5.31. The average Bonchev–Trinajstić information content (AvgIpc) is 3.02. The van der Waals surface area contributed by atoms with E-state index in [9.17, 15) is 14.3 Å². The van der Waals surface area contributed by atoms with E-state index in [1.54, 1.807) is 6.07 Å². The summed E-state index contributed by atoms with van der Waals surface area (Å²) < 4.78 is 22.7. The Morgan fingerprint density at radius 2 is 1.90 bits per heavy atom. The molecule has 148 valence electrons. The predicted octanol–water partition coefficient (Wildman–Crippen LogP) is 5.44. The van der Waals surface area contributed by atoms with Gasteiger partial charge in [-0.15, -0.1) is 0 Å². The summed E-state index contributed by atoms with van der Waals surface area (Å²) in [7, 11) is 0. The van der Waals surface area contributed by atoms with E-state index in [-0.39, 0.29) is 35.1 Å². The summed E-state index contributed by atoms with van der Waals surface area (Å²) in [5, 5.41) is 9.27. The zero-order valence-corrected chi connectivity index (χ0v) is 17.5. The maximum absolute atomic E-state index is 13.9. The monoisotopic (exact) mass is 469 g/mol. The molecule has 0 saturated heterocycles. The number of halogens is 2. The van der Waals surface area contributed by atoms with Crippen LogP contribution in [0.4, 0.5) is 4.39 Å². The number of hydrogen-bond acceptors (Lipinski definition) is 2. The Labute approximate surface area is 200 Å². The molecule has 7 heteroatoms. The van der Waals surface area contributed by atoms with Gasteiger partial charge in [0.05, 0.1) is 17.9 Å². The van der Waals surface area contributed by atoms with Crippen molar-refractivity contribution in [2.75, 3.05) is 6.61 Å². The van der Waals surface area contributed by atoms with Crippen molar-refractivity contribution in [3.8, 4) is 22.7 Å². The Bertz CT molecular complexity index is 1030. The third-order valence-electron chi connectivity index (χ3n) is 4.30. The van der Waals surface area contributed by atoms with Crippen LogP contribution in [-0.4, -0.2) is 51.8 Å². The van der Waals surface area contributed by atoms with Crippen molar-refractivity contribution in [3.63, 3.8) is 0 Å². The van der Waals surface area contributed by atoms with Crippen LogP contribution in [0.15, 0.2) is 53.0 Å². The Hall–Kier alpha value is -1.60. The number of benzene rings is 2. The number of nitrogens with zero attached hydrogens (tertiary/aromatic N) is 1. The molecular formula is C22H22BrFNNaO3. The molecule has 1 heterocycles. The van der Waals surface area contributed by atoms with E-state index in [4.69, 9.17) is 4.74 Å². The minimum atomic E-state index is -1.30. The zero-order chi connectivity index (χ0) is 20.4. The molecule has 0 aliphatic heterocycles. The topological polar surface area (TPSA) is 51.5 Å². The Morgan fingerprint density at radius 3 is 2.55 bits per heavy atom. The summed E-state index contributed by atoms with van der Waals surface area (Å²) in [6.07, 6.45) is 0. The predicted molar refractivity (Wildman–Crippen MR) is 118 cm³/mol. The van der Waals surface area contributed by atoms with Crippen LogP contribution in [0, 0.1) is 18.7 Å². The number of aryl methyl sites for hydroxylation is 1. The van der Waals surface area contributed by atoms with E-state index < -0.39 is 11.8 Å². The molecule has 4 nitrogen and oxygen atoms in total. The summed E-state index contributed by atoms with van der Waals surface area (Å²) in [6, 6.07) is 13.8. The number of hydrogen-bond donors (Lipinski definition) is 1. The molecule has 0 aliphatic rings. The summed E-state index contributed by atoms with van der Waals surface area (Å²) in [4.78, 5) is 11.4. The number of aromatic carboxylic acids is 1. The summed E-state index contributed by atoms with van der Waals surface area (Å²) in [5.74, 6) is -0.947. The first-order valence-corrected chi connectivity index (χ1v) is 9.71. The quantitative estimate of drug-likeness (QED) is 0.489. The number of carboxylic acid groups (broad SMARTS) is 1. The van der Waals surface area contributed by atoms with Gasteiger partial charge < -0.3 is 14.4 Å². The van der Waals surface area contributed by atoms with Crippen LogP contribution < -0.4 is 4.74 Å². The normalized spacial score (nSPS) is 10.7. The molecule has 1 aromatic heterocycles. The van der Waals surface area contributed by atoms with Gasteiger partial charge in [-0.1, -0.05) is 29.8 Å². The number of rotatable bonds is 6. The molecule has 0 aliphatic carbocycles. The van der Waals surface area contributed by atoms with Gasteiger partial charge in [-0.3, -0.25) is 0 Å². The van der Waals surface area contributed by atoms with Crippen LogP contribution in [0.1, 0.15) is 29.9 Å². The molecule has 1 N–H and O–H groups in total. The fraction of sp³-hybridized carbons (Fsp3) is 0.227. The molecule has 2 aromatic carbocycles. The average molecular weight is 470 g/mol. The molecule has 29 heavy (non-hydrogen) atoms. The third-order valence-corrected chi connectivity index (χ3v) is 4.80. The fourth-order valence-corrected chi connectivity index (χ4v) is 3.35. The Kier molecular flexibility index (Phi) is 8.11. The van der Waals surface area contributed by atoms with Gasteiger partial charge in [0.2, 0.25) is 0 Å². The van der Waals surface area contributed by atoms with Crippen LogP contribution in [0.3, 0.4) is 0 Å². The van der Waals surface area contributed by atoms with Gasteiger partial charge in [0.1, 0.15) is 11.6 Å². The summed E-state index contributed by atoms with van der Waals surface area (Å²) in [5.41, 5.74) is 2.81. The molecular weight excluding hydrogens is 448 g/mol. The van der Waals surface area contributed by atoms with Gasteiger partial charge in [0.15, 0.2) is 0 Å². The van der Waals surface area contributed by atoms with Crippen molar-refractivity contribution in [2.24, 2.45) is 5.92 Å². The van der Waals surface area contributed by atoms with Gasteiger partial charge in [-0.05, 0) is 61.4 Å². The van der Waals surface area contributed by atoms with Crippen LogP contribution in [0.25, 0.3) is 16.9 Å². The zero-order valence-electron chi connectivity index (χ0n) is 15.9. The molecule has 0 radical (unpaired) electrons. The van der Waals surface area contributed by atoms with Crippen LogP contribution >= 0.6 is 15.9 Å². The van der Waals surface area contributed by atoms with E-state index in [1.807, 2.05) is 41.8 Å². The Morgan fingerprint density at radius 1 is 1.17 bits per heavy atom. The molecule has 0 amide bonds.